The van der Waals surface area contributed by atoms with Crippen molar-refractivity contribution in [2.45, 2.75) is 13.5 Å². The maximum Gasteiger partial charge on any atom is 0.274 e. The second-order valence-electron chi connectivity index (χ2n) is 6.30. The van der Waals surface area contributed by atoms with Crippen molar-refractivity contribution in [3.8, 4) is 11.5 Å². The van der Waals surface area contributed by atoms with Gasteiger partial charge in [0, 0.05) is 12.6 Å². The van der Waals surface area contributed by atoms with E-state index in [4.69, 9.17) is 9.47 Å². The topological polar surface area (TPSA) is 72.5 Å². The van der Waals surface area contributed by atoms with Crippen LogP contribution in [0, 0.1) is 6.92 Å². The molecule has 2 N–H and O–H groups in total. The molecule has 0 atom stereocenters. The summed E-state index contributed by atoms with van der Waals surface area (Å²) in [4.78, 5) is 16.7. The number of carbonyl (C=O) groups excluding carboxylic acids is 1. The molecule has 3 rings (SSSR count). The molecule has 2 aromatic carbocycles. The van der Waals surface area contributed by atoms with Crippen molar-refractivity contribution in [3.63, 3.8) is 0 Å². The van der Waals surface area contributed by atoms with Gasteiger partial charge in [0.25, 0.3) is 5.91 Å². The fourth-order valence-electron chi connectivity index (χ4n) is 2.75. The molecule has 1 heterocycles. The number of hydrogen-bond acceptors (Lipinski definition) is 5. The summed E-state index contributed by atoms with van der Waals surface area (Å²) >= 11 is 0. The zero-order valence-corrected chi connectivity index (χ0v) is 16.2. The van der Waals surface area contributed by atoms with Gasteiger partial charge >= 0.3 is 0 Å². The van der Waals surface area contributed by atoms with Crippen LogP contribution in [0.1, 0.15) is 21.6 Å². The summed E-state index contributed by atoms with van der Waals surface area (Å²) in [5, 5.41) is 6.12. The molecule has 144 valence electrons. The smallest absolute Gasteiger partial charge is 0.274 e. The summed E-state index contributed by atoms with van der Waals surface area (Å²) in [6, 6.07) is 17.0. The third-order valence-corrected chi connectivity index (χ3v) is 4.23. The molecule has 0 unspecified atom stereocenters. The predicted molar refractivity (Wildman–Crippen MR) is 110 cm³/mol. The molecule has 6 nitrogen and oxygen atoms in total. The summed E-state index contributed by atoms with van der Waals surface area (Å²) in [6.45, 7) is 2.76. The molecular weight excluding hydrogens is 354 g/mol. The van der Waals surface area contributed by atoms with Gasteiger partial charge in [0.1, 0.15) is 17.2 Å². The van der Waals surface area contributed by atoms with Crippen LogP contribution in [0.5, 0.6) is 11.5 Å². The van der Waals surface area contributed by atoms with Gasteiger partial charge in [-0.3, -0.25) is 4.79 Å². The summed E-state index contributed by atoms with van der Waals surface area (Å²) in [7, 11) is 3.11. The van der Waals surface area contributed by atoms with Crippen molar-refractivity contribution >= 4 is 17.3 Å². The predicted octanol–water partition coefficient (Wildman–Crippen LogP) is 4.27. The van der Waals surface area contributed by atoms with Gasteiger partial charge < -0.3 is 20.1 Å². The van der Waals surface area contributed by atoms with E-state index in [2.05, 4.69) is 40.7 Å². The number of amides is 1. The molecule has 0 saturated carbocycles. The highest BCUT2D eigenvalue weighted by Crippen LogP contribution is 2.29. The summed E-state index contributed by atoms with van der Waals surface area (Å²) < 4.78 is 10.5. The van der Waals surface area contributed by atoms with Crippen LogP contribution in [-0.2, 0) is 6.54 Å². The highest BCUT2D eigenvalue weighted by molar-refractivity contribution is 6.03. The first-order valence-electron chi connectivity index (χ1n) is 8.88. The van der Waals surface area contributed by atoms with E-state index in [0.717, 1.165) is 5.69 Å². The minimum Gasteiger partial charge on any atom is -0.497 e. The number of pyridine rings is 1. The average molecular weight is 377 g/mol. The normalized spacial score (nSPS) is 10.2. The molecule has 1 aromatic heterocycles. The van der Waals surface area contributed by atoms with Gasteiger partial charge in [0.05, 0.1) is 31.8 Å². The molecule has 0 saturated heterocycles. The first-order chi connectivity index (χ1) is 13.6. The molecule has 1 amide bonds. The Bertz CT molecular complexity index is 955. The lowest BCUT2D eigenvalue weighted by Crippen LogP contribution is -2.14. The summed E-state index contributed by atoms with van der Waals surface area (Å²) in [5.41, 5.74) is 4.13. The number of carbonyl (C=O) groups is 1. The highest BCUT2D eigenvalue weighted by Gasteiger charge is 2.12. The number of benzene rings is 2. The Morgan fingerprint density at radius 2 is 1.89 bits per heavy atom. The van der Waals surface area contributed by atoms with Gasteiger partial charge in [0.15, 0.2) is 0 Å². The van der Waals surface area contributed by atoms with Crippen molar-refractivity contribution in [2.24, 2.45) is 0 Å². The van der Waals surface area contributed by atoms with E-state index in [1.807, 2.05) is 12.1 Å². The van der Waals surface area contributed by atoms with E-state index >= 15 is 0 Å². The van der Waals surface area contributed by atoms with Crippen molar-refractivity contribution < 1.29 is 14.3 Å². The summed E-state index contributed by atoms with van der Waals surface area (Å²) in [6.07, 6.45) is 1.65. The first kappa shape index (κ1) is 19.2. The molecule has 3 aromatic rings. The van der Waals surface area contributed by atoms with Gasteiger partial charge in [0.2, 0.25) is 0 Å². The van der Waals surface area contributed by atoms with Crippen LogP contribution in [0.25, 0.3) is 0 Å². The number of nitrogens with zero attached hydrogens (tertiary/aromatic N) is 1. The second-order valence-corrected chi connectivity index (χ2v) is 6.30. The number of hydrogen-bond donors (Lipinski definition) is 2. The maximum atomic E-state index is 12.5. The van der Waals surface area contributed by atoms with E-state index in [1.165, 1.54) is 18.2 Å². The van der Waals surface area contributed by atoms with Gasteiger partial charge in [-0.15, -0.1) is 0 Å². The van der Waals surface area contributed by atoms with Crippen LogP contribution in [0.2, 0.25) is 0 Å². The fraction of sp³-hybridized carbons (Fsp3) is 0.182. The summed E-state index contributed by atoms with van der Waals surface area (Å²) in [5.74, 6) is 0.856. The van der Waals surface area contributed by atoms with Crippen molar-refractivity contribution in [2.75, 3.05) is 24.9 Å². The van der Waals surface area contributed by atoms with Crippen LogP contribution >= 0.6 is 0 Å². The van der Waals surface area contributed by atoms with Crippen molar-refractivity contribution in [1.29, 1.82) is 0 Å². The van der Waals surface area contributed by atoms with Crippen LogP contribution in [-0.4, -0.2) is 25.1 Å². The molecule has 28 heavy (non-hydrogen) atoms. The second kappa shape index (κ2) is 8.90. The molecule has 0 aliphatic rings. The number of ether oxygens (including phenoxy) is 2. The molecular formula is C22H23N3O3. The Labute approximate surface area is 164 Å². The Morgan fingerprint density at radius 3 is 2.57 bits per heavy atom. The number of rotatable bonds is 7. The lowest BCUT2D eigenvalue weighted by atomic mass is 10.1. The average Bonchev–Trinajstić information content (AvgIpc) is 2.73. The third kappa shape index (κ3) is 4.79. The van der Waals surface area contributed by atoms with E-state index < -0.39 is 0 Å². The Balaban J connectivity index is 1.63. The Hall–Kier alpha value is -3.54. The van der Waals surface area contributed by atoms with Gasteiger partial charge in [-0.1, -0.05) is 29.8 Å². The number of aryl methyl sites for hydroxylation is 1. The van der Waals surface area contributed by atoms with Gasteiger partial charge in [-0.2, -0.15) is 0 Å². The molecule has 6 heteroatoms. The largest absolute Gasteiger partial charge is 0.497 e. The quantitative estimate of drug-likeness (QED) is 0.643. The maximum absolute atomic E-state index is 12.5. The van der Waals surface area contributed by atoms with Crippen LogP contribution in [0.4, 0.5) is 11.4 Å². The van der Waals surface area contributed by atoms with Gasteiger partial charge in [-0.25, -0.2) is 4.98 Å². The van der Waals surface area contributed by atoms with Crippen molar-refractivity contribution in [1.82, 2.24) is 4.98 Å². The molecule has 0 spiro atoms. The molecule has 0 bridgehead atoms. The molecule has 0 radical (unpaired) electrons. The number of anilines is 2. The molecule has 0 aliphatic heterocycles. The van der Waals surface area contributed by atoms with Crippen LogP contribution < -0.4 is 20.1 Å². The van der Waals surface area contributed by atoms with Crippen LogP contribution in [0.3, 0.4) is 0 Å². The molecule has 0 fully saturated rings. The fourth-order valence-corrected chi connectivity index (χ4v) is 2.75. The Morgan fingerprint density at radius 1 is 1.04 bits per heavy atom. The standard InChI is InChI=1S/C22H23N3O3/c1-15-5-4-6-16(11-15)13-23-17-7-9-20(24-14-17)22(26)25-19-10-8-18(27-2)12-21(19)28-3/h4-12,14,23H,13H2,1-3H3,(H,25,26). The minimum atomic E-state index is -0.311. The van der Waals surface area contributed by atoms with Crippen LogP contribution in [0.15, 0.2) is 60.8 Å². The zero-order valence-electron chi connectivity index (χ0n) is 16.2. The van der Waals surface area contributed by atoms with E-state index in [0.29, 0.717) is 29.4 Å². The minimum absolute atomic E-state index is 0.311. The lowest BCUT2D eigenvalue weighted by Gasteiger charge is -2.12. The highest BCUT2D eigenvalue weighted by atomic mass is 16.5. The van der Waals surface area contributed by atoms with E-state index in [1.54, 1.807) is 37.6 Å². The van der Waals surface area contributed by atoms with Crippen molar-refractivity contribution in [3.05, 3.63) is 77.6 Å². The number of nitrogens with one attached hydrogen (secondary N) is 2. The lowest BCUT2D eigenvalue weighted by molar-refractivity contribution is 0.102. The Kier molecular flexibility index (Phi) is 6.11. The SMILES string of the molecule is COc1ccc(NC(=O)c2ccc(NCc3cccc(C)c3)cn2)c(OC)c1. The number of methoxy groups -OCH3 is 2. The van der Waals surface area contributed by atoms with E-state index in [9.17, 15) is 4.79 Å². The monoisotopic (exact) mass is 377 g/mol. The number of aromatic nitrogens is 1. The first-order valence-corrected chi connectivity index (χ1v) is 8.88. The molecule has 0 aliphatic carbocycles. The third-order valence-electron chi connectivity index (χ3n) is 4.23. The van der Waals surface area contributed by atoms with Gasteiger partial charge in [-0.05, 0) is 36.8 Å². The zero-order chi connectivity index (χ0) is 19.9. The van der Waals surface area contributed by atoms with E-state index in [-0.39, 0.29) is 5.91 Å².